The second-order valence-electron chi connectivity index (χ2n) is 4.75. The first-order chi connectivity index (χ1) is 10.1. The van der Waals surface area contributed by atoms with E-state index in [1.54, 1.807) is 32.4 Å². The fraction of sp³-hybridized carbons (Fsp3) is 0.294. The van der Waals surface area contributed by atoms with Crippen molar-refractivity contribution < 1.29 is 19.3 Å². The molecule has 4 nitrogen and oxygen atoms in total. The third-order valence-corrected chi connectivity index (χ3v) is 3.19. The molecule has 0 aliphatic heterocycles. The maximum atomic E-state index is 10.3. The SMILES string of the molecule is COc1ccc(OC)c(C(O)COc2cccc(C)c2)c1. The molecule has 2 aromatic rings. The van der Waals surface area contributed by atoms with Crippen LogP contribution < -0.4 is 14.2 Å². The van der Waals surface area contributed by atoms with Crippen molar-refractivity contribution in [2.24, 2.45) is 0 Å². The highest BCUT2D eigenvalue weighted by molar-refractivity contribution is 5.41. The molecule has 2 aromatic carbocycles. The zero-order valence-electron chi connectivity index (χ0n) is 12.5. The third-order valence-electron chi connectivity index (χ3n) is 3.19. The lowest BCUT2D eigenvalue weighted by Crippen LogP contribution is -2.11. The highest BCUT2D eigenvalue weighted by Crippen LogP contribution is 2.29. The van der Waals surface area contributed by atoms with E-state index in [2.05, 4.69) is 0 Å². The molecular formula is C17H20O4. The minimum absolute atomic E-state index is 0.146. The van der Waals surface area contributed by atoms with Crippen molar-refractivity contribution in [1.82, 2.24) is 0 Å². The first kappa shape index (κ1) is 15.2. The lowest BCUT2D eigenvalue weighted by Gasteiger charge is -2.16. The molecule has 21 heavy (non-hydrogen) atoms. The fourth-order valence-corrected chi connectivity index (χ4v) is 2.07. The van der Waals surface area contributed by atoms with Crippen LogP contribution in [0.15, 0.2) is 42.5 Å². The van der Waals surface area contributed by atoms with Crippen LogP contribution in [0.1, 0.15) is 17.2 Å². The van der Waals surface area contributed by atoms with Gasteiger partial charge in [0.2, 0.25) is 0 Å². The molecule has 1 unspecified atom stereocenters. The van der Waals surface area contributed by atoms with Gasteiger partial charge in [-0.1, -0.05) is 12.1 Å². The maximum absolute atomic E-state index is 10.3. The van der Waals surface area contributed by atoms with Gasteiger partial charge in [-0.15, -0.1) is 0 Å². The molecule has 0 saturated heterocycles. The molecule has 2 rings (SSSR count). The predicted molar refractivity (Wildman–Crippen MR) is 81.2 cm³/mol. The summed E-state index contributed by atoms with van der Waals surface area (Å²) in [5.41, 5.74) is 1.76. The standard InChI is InChI=1S/C17H20O4/c1-12-5-4-6-14(9-12)21-11-16(18)15-10-13(19-2)7-8-17(15)20-3/h4-10,16,18H,11H2,1-3H3. The average Bonchev–Trinajstić information content (AvgIpc) is 2.52. The zero-order chi connectivity index (χ0) is 15.2. The summed E-state index contributed by atoms with van der Waals surface area (Å²) < 4.78 is 16.1. The molecule has 4 heteroatoms. The summed E-state index contributed by atoms with van der Waals surface area (Å²) in [7, 11) is 3.15. The Bertz CT molecular complexity index is 595. The van der Waals surface area contributed by atoms with Crippen LogP contribution in [-0.2, 0) is 0 Å². The van der Waals surface area contributed by atoms with Gasteiger partial charge in [0.15, 0.2) is 0 Å². The Morgan fingerprint density at radius 1 is 1.00 bits per heavy atom. The molecule has 0 amide bonds. The van der Waals surface area contributed by atoms with Gasteiger partial charge in [-0.25, -0.2) is 0 Å². The minimum Gasteiger partial charge on any atom is -0.497 e. The number of ether oxygens (including phenoxy) is 3. The Morgan fingerprint density at radius 3 is 2.48 bits per heavy atom. The zero-order valence-corrected chi connectivity index (χ0v) is 12.5. The Balaban J connectivity index is 2.10. The minimum atomic E-state index is -0.796. The van der Waals surface area contributed by atoms with Crippen molar-refractivity contribution in [1.29, 1.82) is 0 Å². The van der Waals surface area contributed by atoms with Crippen LogP contribution in [0.3, 0.4) is 0 Å². The van der Waals surface area contributed by atoms with Crippen molar-refractivity contribution in [3.05, 3.63) is 53.6 Å². The van der Waals surface area contributed by atoms with E-state index < -0.39 is 6.10 Å². The van der Waals surface area contributed by atoms with E-state index >= 15 is 0 Å². The van der Waals surface area contributed by atoms with Crippen LogP contribution >= 0.6 is 0 Å². The van der Waals surface area contributed by atoms with Crippen LogP contribution in [0.5, 0.6) is 17.2 Å². The monoisotopic (exact) mass is 288 g/mol. The van der Waals surface area contributed by atoms with E-state index in [1.165, 1.54) is 0 Å². The highest BCUT2D eigenvalue weighted by atomic mass is 16.5. The van der Waals surface area contributed by atoms with Gasteiger partial charge >= 0.3 is 0 Å². The number of benzene rings is 2. The van der Waals surface area contributed by atoms with Gasteiger partial charge in [0.1, 0.15) is 30.0 Å². The Morgan fingerprint density at radius 2 is 1.81 bits per heavy atom. The van der Waals surface area contributed by atoms with Crippen LogP contribution in [0.4, 0.5) is 0 Å². The molecule has 1 atom stereocenters. The second-order valence-corrected chi connectivity index (χ2v) is 4.75. The molecule has 0 aromatic heterocycles. The summed E-state index contributed by atoms with van der Waals surface area (Å²) in [4.78, 5) is 0. The van der Waals surface area contributed by atoms with Gasteiger partial charge in [0.05, 0.1) is 14.2 Å². The molecule has 0 fully saturated rings. The molecular weight excluding hydrogens is 268 g/mol. The fourth-order valence-electron chi connectivity index (χ4n) is 2.07. The number of rotatable bonds is 6. The second kappa shape index (κ2) is 6.99. The van der Waals surface area contributed by atoms with E-state index in [4.69, 9.17) is 14.2 Å². The first-order valence-electron chi connectivity index (χ1n) is 6.73. The number of aliphatic hydroxyl groups is 1. The van der Waals surface area contributed by atoms with Gasteiger partial charge in [0.25, 0.3) is 0 Å². The summed E-state index contributed by atoms with van der Waals surface area (Å²) in [6.07, 6.45) is -0.796. The van der Waals surface area contributed by atoms with Crippen molar-refractivity contribution in [2.45, 2.75) is 13.0 Å². The molecule has 0 aliphatic carbocycles. The van der Waals surface area contributed by atoms with Crippen molar-refractivity contribution in [3.63, 3.8) is 0 Å². The van der Waals surface area contributed by atoms with Crippen LogP contribution in [0.2, 0.25) is 0 Å². The number of methoxy groups -OCH3 is 2. The van der Waals surface area contributed by atoms with Crippen LogP contribution in [0.25, 0.3) is 0 Å². The Hall–Kier alpha value is -2.20. The van der Waals surface area contributed by atoms with Crippen molar-refractivity contribution in [2.75, 3.05) is 20.8 Å². The van der Waals surface area contributed by atoms with Gasteiger partial charge in [-0.2, -0.15) is 0 Å². The summed E-state index contributed by atoms with van der Waals surface area (Å²) >= 11 is 0. The summed E-state index contributed by atoms with van der Waals surface area (Å²) in [6, 6.07) is 13.0. The Kier molecular flexibility index (Phi) is 5.06. The first-order valence-corrected chi connectivity index (χ1v) is 6.73. The average molecular weight is 288 g/mol. The number of hydrogen-bond acceptors (Lipinski definition) is 4. The molecule has 0 bridgehead atoms. The number of aliphatic hydroxyl groups excluding tert-OH is 1. The topological polar surface area (TPSA) is 47.9 Å². The van der Waals surface area contributed by atoms with Crippen LogP contribution in [-0.4, -0.2) is 25.9 Å². The normalized spacial score (nSPS) is 11.8. The Labute approximate surface area is 124 Å². The lowest BCUT2D eigenvalue weighted by atomic mass is 10.1. The highest BCUT2D eigenvalue weighted by Gasteiger charge is 2.15. The van der Waals surface area contributed by atoms with E-state index in [0.29, 0.717) is 17.1 Å². The largest absolute Gasteiger partial charge is 0.497 e. The lowest BCUT2D eigenvalue weighted by molar-refractivity contribution is 0.105. The van der Waals surface area contributed by atoms with E-state index in [1.807, 2.05) is 31.2 Å². The van der Waals surface area contributed by atoms with Crippen molar-refractivity contribution in [3.8, 4) is 17.2 Å². The van der Waals surface area contributed by atoms with Crippen molar-refractivity contribution >= 4 is 0 Å². The van der Waals surface area contributed by atoms with Gasteiger partial charge in [0, 0.05) is 5.56 Å². The predicted octanol–water partition coefficient (Wildman–Crippen LogP) is 3.12. The van der Waals surface area contributed by atoms with E-state index in [9.17, 15) is 5.11 Å². The third kappa shape index (κ3) is 3.89. The van der Waals surface area contributed by atoms with Crippen LogP contribution in [0, 0.1) is 6.92 Å². The van der Waals surface area contributed by atoms with E-state index in [-0.39, 0.29) is 6.61 Å². The molecule has 0 aliphatic rings. The molecule has 0 heterocycles. The summed E-state index contributed by atoms with van der Waals surface area (Å²) in [6.45, 7) is 2.14. The van der Waals surface area contributed by atoms with Gasteiger partial charge in [-0.05, 0) is 42.8 Å². The van der Waals surface area contributed by atoms with E-state index in [0.717, 1.165) is 11.3 Å². The molecule has 112 valence electrons. The van der Waals surface area contributed by atoms with Gasteiger partial charge < -0.3 is 19.3 Å². The smallest absolute Gasteiger partial charge is 0.125 e. The number of hydrogen-bond donors (Lipinski definition) is 1. The molecule has 1 N–H and O–H groups in total. The van der Waals surface area contributed by atoms with Gasteiger partial charge in [-0.3, -0.25) is 0 Å². The molecule has 0 saturated carbocycles. The molecule has 0 spiro atoms. The number of aryl methyl sites for hydroxylation is 1. The quantitative estimate of drug-likeness (QED) is 0.887. The maximum Gasteiger partial charge on any atom is 0.125 e. The molecule has 0 radical (unpaired) electrons. The summed E-state index contributed by atoms with van der Waals surface area (Å²) in [5, 5.41) is 10.3. The summed E-state index contributed by atoms with van der Waals surface area (Å²) in [5.74, 6) is 2.01.